The van der Waals surface area contributed by atoms with Crippen LogP contribution in [-0.2, 0) is 4.74 Å². The van der Waals surface area contributed by atoms with Crippen molar-refractivity contribution >= 4 is 32.4 Å². The van der Waals surface area contributed by atoms with E-state index in [2.05, 4.69) is 32.7 Å². The normalized spacial score (nSPS) is 23.5. The van der Waals surface area contributed by atoms with Gasteiger partial charge in [0.05, 0.1) is 12.7 Å². The van der Waals surface area contributed by atoms with E-state index in [9.17, 15) is 0 Å². The molecule has 1 fully saturated rings. The van der Waals surface area contributed by atoms with Crippen LogP contribution in [0.2, 0.25) is 0 Å². The number of nitrogens with zero attached hydrogens (tertiary/aromatic N) is 2. The Bertz CT molecular complexity index is 291. The summed E-state index contributed by atoms with van der Waals surface area (Å²) < 4.78 is 6.38. The molecular formula is C8H11BrN2OS. The number of anilines is 1. The summed E-state index contributed by atoms with van der Waals surface area (Å²) in [4.78, 5) is 6.64. The molecule has 5 heteroatoms. The number of aromatic nitrogens is 1. The van der Waals surface area contributed by atoms with Gasteiger partial charge >= 0.3 is 0 Å². The number of thiazole rings is 1. The molecule has 1 atom stereocenters. The molecule has 1 unspecified atom stereocenters. The fourth-order valence-electron chi connectivity index (χ4n) is 1.38. The largest absolute Gasteiger partial charge is 0.375 e. The summed E-state index contributed by atoms with van der Waals surface area (Å²) in [5.74, 6) is 0. The molecule has 72 valence electrons. The van der Waals surface area contributed by atoms with Crippen molar-refractivity contribution in [2.24, 2.45) is 0 Å². The predicted molar refractivity (Wildman–Crippen MR) is 57.4 cm³/mol. The van der Waals surface area contributed by atoms with Gasteiger partial charge in [0.2, 0.25) is 0 Å². The van der Waals surface area contributed by atoms with Crippen LogP contribution in [-0.4, -0.2) is 30.8 Å². The van der Waals surface area contributed by atoms with Crippen LogP contribution in [0, 0.1) is 0 Å². The Morgan fingerprint density at radius 3 is 3.23 bits per heavy atom. The monoisotopic (exact) mass is 262 g/mol. The molecule has 2 heterocycles. The van der Waals surface area contributed by atoms with Gasteiger partial charge in [-0.15, -0.1) is 11.3 Å². The highest BCUT2D eigenvalue weighted by Crippen LogP contribution is 2.24. The van der Waals surface area contributed by atoms with E-state index in [0.29, 0.717) is 6.10 Å². The minimum absolute atomic E-state index is 0.316. The Hall–Kier alpha value is -0.130. The minimum Gasteiger partial charge on any atom is -0.375 e. The van der Waals surface area contributed by atoms with Crippen molar-refractivity contribution in [2.75, 3.05) is 24.6 Å². The van der Waals surface area contributed by atoms with Crippen LogP contribution in [0.15, 0.2) is 9.98 Å². The lowest BCUT2D eigenvalue weighted by Crippen LogP contribution is -2.41. The minimum atomic E-state index is 0.316. The quantitative estimate of drug-likeness (QED) is 0.776. The van der Waals surface area contributed by atoms with Crippen molar-refractivity contribution in [1.29, 1.82) is 0 Å². The molecule has 0 spiro atoms. The molecule has 2 rings (SSSR count). The summed E-state index contributed by atoms with van der Waals surface area (Å²) in [6, 6.07) is 0. The summed E-state index contributed by atoms with van der Waals surface area (Å²) in [6.07, 6.45) is 0.316. The van der Waals surface area contributed by atoms with E-state index >= 15 is 0 Å². The second-order valence-electron chi connectivity index (χ2n) is 3.08. The first-order valence-corrected chi connectivity index (χ1v) is 5.90. The molecule has 1 aromatic rings. The van der Waals surface area contributed by atoms with Crippen molar-refractivity contribution in [2.45, 2.75) is 13.0 Å². The van der Waals surface area contributed by atoms with Gasteiger partial charge in [-0.25, -0.2) is 4.98 Å². The summed E-state index contributed by atoms with van der Waals surface area (Å²) in [5, 5.41) is 3.09. The lowest BCUT2D eigenvalue weighted by atomic mass is 10.3. The second kappa shape index (κ2) is 3.94. The molecule has 1 aliphatic rings. The van der Waals surface area contributed by atoms with Crippen LogP contribution >= 0.6 is 27.3 Å². The Balaban J connectivity index is 2.08. The zero-order chi connectivity index (χ0) is 9.26. The van der Waals surface area contributed by atoms with E-state index in [1.807, 2.05) is 5.38 Å². The number of hydrogen-bond donors (Lipinski definition) is 0. The molecule has 0 aliphatic carbocycles. The predicted octanol–water partition coefficient (Wildman–Crippen LogP) is 2.13. The van der Waals surface area contributed by atoms with E-state index in [0.717, 1.165) is 29.4 Å². The fraction of sp³-hybridized carbons (Fsp3) is 0.625. The Morgan fingerprint density at radius 1 is 1.77 bits per heavy atom. The van der Waals surface area contributed by atoms with Crippen molar-refractivity contribution in [3.63, 3.8) is 0 Å². The molecule has 0 amide bonds. The molecule has 13 heavy (non-hydrogen) atoms. The van der Waals surface area contributed by atoms with Crippen LogP contribution < -0.4 is 4.90 Å². The topological polar surface area (TPSA) is 25.4 Å². The van der Waals surface area contributed by atoms with Crippen LogP contribution in [0.5, 0.6) is 0 Å². The maximum Gasteiger partial charge on any atom is 0.186 e. The molecule has 0 saturated carbocycles. The van der Waals surface area contributed by atoms with Crippen molar-refractivity contribution in [3.8, 4) is 0 Å². The summed E-state index contributed by atoms with van der Waals surface area (Å²) in [6.45, 7) is 4.79. The zero-order valence-corrected chi connectivity index (χ0v) is 9.77. The van der Waals surface area contributed by atoms with Crippen LogP contribution in [0.1, 0.15) is 6.92 Å². The SMILES string of the molecule is CC1CN(c2nc(Br)cs2)CCO1. The van der Waals surface area contributed by atoms with Gasteiger partial charge in [-0.3, -0.25) is 0 Å². The molecule has 0 N–H and O–H groups in total. The fourth-order valence-corrected chi connectivity index (χ4v) is 2.67. The summed E-state index contributed by atoms with van der Waals surface area (Å²) in [7, 11) is 0. The van der Waals surface area contributed by atoms with E-state index in [4.69, 9.17) is 4.74 Å². The van der Waals surface area contributed by atoms with Crippen molar-refractivity contribution < 1.29 is 4.74 Å². The third-order valence-electron chi connectivity index (χ3n) is 1.98. The third-order valence-corrected chi connectivity index (χ3v) is 3.59. The number of morpholine rings is 1. The first-order chi connectivity index (χ1) is 6.25. The molecule has 0 aromatic carbocycles. The maximum absolute atomic E-state index is 5.46. The highest BCUT2D eigenvalue weighted by molar-refractivity contribution is 9.10. The Labute approximate surface area is 89.9 Å². The molecular weight excluding hydrogens is 252 g/mol. The average molecular weight is 263 g/mol. The first-order valence-electron chi connectivity index (χ1n) is 4.23. The van der Waals surface area contributed by atoms with Gasteiger partial charge < -0.3 is 9.64 Å². The van der Waals surface area contributed by atoms with Crippen molar-refractivity contribution in [3.05, 3.63) is 9.98 Å². The molecule has 1 saturated heterocycles. The molecule has 1 aliphatic heterocycles. The smallest absolute Gasteiger partial charge is 0.186 e. The number of halogens is 1. The third kappa shape index (κ3) is 2.21. The van der Waals surface area contributed by atoms with E-state index in [1.165, 1.54) is 0 Å². The molecule has 0 radical (unpaired) electrons. The van der Waals surface area contributed by atoms with Crippen LogP contribution in [0.3, 0.4) is 0 Å². The Kier molecular flexibility index (Phi) is 2.86. The van der Waals surface area contributed by atoms with Gasteiger partial charge in [-0.1, -0.05) is 0 Å². The zero-order valence-electron chi connectivity index (χ0n) is 7.36. The van der Waals surface area contributed by atoms with Crippen LogP contribution in [0.25, 0.3) is 0 Å². The second-order valence-corrected chi connectivity index (χ2v) is 4.73. The number of rotatable bonds is 1. The lowest BCUT2D eigenvalue weighted by molar-refractivity contribution is 0.0532. The highest BCUT2D eigenvalue weighted by Gasteiger charge is 2.18. The van der Waals surface area contributed by atoms with Gasteiger partial charge in [-0.2, -0.15) is 0 Å². The summed E-state index contributed by atoms with van der Waals surface area (Å²) in [5.41, 5.74) is 0. The van der Waals surface area contributed by atoms with Gasteiger partial charge in [-0.05, 0) is 22.9 Å². The van der Waals surface area contributed by atoms with Gasteiger partial charge in [0.15, 0.2) is 5.13 Å². The van der Waals surface area contributed by atoms with Gasteiger partial charge in [0.1, 0.15) is 4.60 Å². The van der Waals surface area contributed by atoms with E-state index in [1.54, 1.807) is 11.3 Å². The highest BCUT2D eigenvalue weighted by atomic mass is 79.9. The molecule has 1 aromatic heterocycles. The van der Waals surface area contributed by atoms with E-state index in [-0.39, 0.29) is 0 Å². The average Bonchev–Trinajstić information content (AvgIpc) is 2.52. The van der Waals surface area contributed by atoms with E-state index < -0.39 is 0 Å². The Morgan fingerprint density at radius 2 is 2.62 bits per heavy atom. The molecule has 3 nitrogen and oxygen atoms in total. The van der Waals surface area contributed by atoms with Crippen LogP contribution in [0.4, 0.5) is 5.13 Å². The van der Waals surface area contributed by atoms with Gasteiger partial charge in [0.25, 0.3) is 0 Å². The number of hydrogen-bond acceptors (Lipinski definition) is 4. The first kappa shape index (κ1) is 9.43. The maximum atomic E-state index is 5.46. The lowest BCUT2D eigenvalue weighted by Gasteiger charge is -2.30. The molecule has 0 bridgehead atoms. The van der Waals surface area contributed by atoms with Gasteiger partial charge in [0, 0.05) is 18.5 Å². The standard InChI is InChI=1S/C8H11BrN2OS/c1-6-4-11(2-3-12-6)8-10-7(9)5-13-8/h5-6H,2-4H2,1H3. The number of ether oxygens (including phenoxy) is 1. The summed E-state index contributed by atoms with van der Waals surface area (Å²) >= 11 is 5.03. The van der Waals surface area contributed by atoms with Crippen molar-refractivity contribution in [1.82, 2.24) is 4.98 Å².